The van der Waals surface area contributed by atoms with Crippen LogP contribution >= 0.6 is 23.2 Å². The number of carbonyl (C=O) groups is 1. The van der Waals surface area contributed by atoms with E-state index in [9.17, 15) is 13.2 Å². The summed E-state index contributed by atoms with van der Waals surface area (Å²) in [6.45, 7) is 1.67. The Balaban J connectivity index is 2.26. The van der Waals surface area contributed by atoms with Crippen LogP contribution in [0.5, 0.6) is 5.75 Å². The third kappa shape index (κ3) is 5.28. The van der Waals surface area contributed by atoms with Gasteiger partial charge in [-0.1, -0.05) is 41.4 Å². The molecule has 1 unspecified atom stereocenters. The summed E-state index contributed by atoms with van der Waals surface area (Å²) in [6.07, 6.45) is 1.01. The van der Waals surface area contributed by atoms with Gasteiger partial charge in [0.15, 0.2) is 0 Å². The smallest absolute Gasteiger partial charge is 0.243 e. The summed E-state index contributed by atoms with van der Waals surface area (Å²) in [5, 5.41) is 3.21. The lowest BCUT2D eigenvalue weighted by Gasteiger charge is -2.29. The van der Waals surface area contributed by atoms with Crippen LogP contribution in [0.15, 0.2) is 42.5 Å². The minimum Gasteiger partial charge on any atom is -0.496 e. The van der Waals surface area contributed by atoms with E-state index in [-0.39, 0.29) is 17.3 Å². The number of halogens is 2. The largest absolute Gasteiger partial charge is 0.496 e. The van der Waals surface area contributed by atoms with Crippen LogP contribution in [0.4, 0.5) is 5.69 Å². The Bertz CT molecular complexity index is 935. The zero-order valence-corrected chi connectivity index (χ0v) is 17.4. The number of amides is 1. The van der Waals surface area contributed by atoms with Crippen LogP contribution in [0.2, 0.25) is 10.0 Å². The molecule has 27 heavy (non-hydrogen) atoms. The molecule has 0 aliphatic rings. The molecule has 6 nitrogen and oxygen atoms in total. The van der Waals surface area contributed by atoms with Crippen LogP contribution in [0.25, 0.3) is 0 Å². The first-order chi connectivity index (χ1) is 12.6. The molecule has 0 saturated carbocycles. The predicted molar refractivity (Wildman–Crippen MR) is 108 cm³/mol. The molecule has 2 aromatic rings. The number of sulfonamides is 1. The fourth-order valence-corrected chi connectivity index (χ4v) is 4.22. The maximum atomic E-state index is 12.6. The second-order valence-electron chi connectivity index (χ2n) is 5.86. The van der Waals surface area contributed by atoms with Crippen molar-refractivity contribution in [3.05, 3.63) is 58.1 Å². The van der Waals surface area contributed by atoms with Gasteiger partial charge in [0.05, 0.1) is 24.1 Å². The van der Waals surface area contributed by atoms with E-state index in [0.29, 0.717) is 10.8 Å². The van der Waals surface area contributed by atoms with Crippen molar-refractivity contribution in [2.75, 3.05) is 17.7 Å². The van der Waals surface area contributed by atoms with Crippen molar-refractivity contribution in [1.82, 2.24) is 5.32 Å². The summed E-state index contributed by atoms with van der Waals surface area (Å²) in [5.74, 6) is 0.144. The van der Waals surface area contributed by atoms with Crippen molar-refractivity contribution in [3.63, 3.8) is 0 Å². The van der Waals surface area contributed by atoms with Gasteiger partial charge in [-0.2, -0.15) is 0 Å². The molecule has 0 heterocycles. The van der Waals surface area contributed by atoms with Gasteiger partial charge in [0.25, 0.3) is 0 Å². The number of para-hydroxylation sites is 1. The van der Waals surface area contributed by atoms with Crippen molar-refractivity contribution in [3.8, 4) is 5.75 Å². The molecule has 0 aromatic heterocycles. The van der Waals surface area contributed by atoms with Gasteiger partial charge in [-0.05, 0) is 31.2 Å². The molecular formula is C18H20Cl2N2O4S. The van der Waals surface area contributed by atoms with Gasteiger partial charge in [-0.3, -0.25) is 9.10 Å². The molecule has 1 atom stereocenters. The Morgan fingerprint density at radius 3 is 2.52 bits per heavy atom. The first kappa shape index (κ1) is 21.3. The molecule has 9 heteroatoms. The molecular weight excluding hydrogens is 411 g/mol. The third-order valence-corrected chi connectivity index (χ3v) is 5.66. The first-order valence-corrected chi connectivity index (χ1v) is 10.6. The van der Waals surface area contributed by atoms with Gasteiger partial charge in [0, 0.05) is 17.1 Å². The number of carbonyl (C=O) groups excluding carboxylic acids is 1. The van der Waals surface area contributed by atoms with Gasteiger partial charge in [0.1, 0.15) is 11.8 Å². The Kier molecular flexibility index (Phi) is 6.97. The lowest BCUT2D eigenvalue weighted by atomic mass is 10.2. The summed E-state index contributed by atoms with van der Waals surface area (Å²) in [4.78, 5) is 12.6. The van der Waals surface area contributed by atoms with Crippen LogP contribution in [0, 0.1) is 0 Å². The highest BCUT2D eigenvalue weighted by Gasteiger charge is 2.30. The number of rotatable bonds is 7. The number of hydrogen-bond donors (Lipinski definition) is 1. The molecule has 1 N–H and O–H groups in total. The van der Waals surface area contributed by atoms with E-state index in [1.54, 1.807) is 12.1 Å². The van der Waals surface area contributed by atoms with E-state index < -0.39 is 22.0 Å². The first-order valence-electron chi connectivity index (χ1n) is 7.99. The average Bonchev–Trinajstić information content (AvgIpc) is 2.61. The predicted octanol–water partition coefficient (Wildman–Crippen LogP) is 3.47. The molecule has 0 radical (unpaired) electrons. The second kappa shape index (κ2) is 8.82. The topological polar surface area (TPSA) is 75.7 Å². The number of benzene rings is 2. The van der Waals surface area contributed by atoms with E-state index in [1.807, 2.05) is 18.2 Å². The fourth-order valence-electron chi connectivity index (χ4n) is 2.61. The van der Waals surface area contributed by atoms with Gasteiger partial charge in [-0.15, -0.1) is 0 Å². The lowest BCUT2D eigenvalue weighted by molar-refractivity contribution is -0.122. The Labute approximate surface area is 169 Å². The number of methoxy groups -OCH3 is 1. The molecule has 2 rings (SSSR count). The SMILES string of the molecule is COc1ccccc1CNC(=O)C(C)N(c1cc(Cl)ccc1Cl)S(C)(=O)=O. The van der Waals surface area contributed by atoms with Gasteiger partial charge in [0.2, 0.25) is 15.9 Å². The third-order valence-electron chi connectivity index (χ3n) is 3.88. The maximum Gasteiger partial charge on any atom is 0.243 e. The number of hydrogen-bond acceptors (Lipinski definition) is 4. The van der Waals surface area contributed by atoms with Crippen LogP contribution < -0.4 is 14.4 Å². The Hall–Kier alpha value is -1.96. The molecule has 0 aliphatic heterocycles. The number of ether oxygens (including phenoxy) is 1. The molecule has 0 bridgehead atoms. The molecule has 2 aromatic carbocycles. The summed E-state index contributed by atoms with van der Waals surface area (Å²) >= 11 is 12.1. The molecule has 0 saturated heterocycles. The molecule has 0 aliphatic carbocycles. The number of anilines is 1. The van der Waals surface area contributed by atoms with Crippen molar-refractivity contribution < 1.29 is 17.9 Å². The lowest BCUT2D eigenvalue weighted by Crippen LogP contribution is -2.47. The van der Waals surface area contributed by atoms with E-state index in [1.165, 1.54) is 26.2 Å². The van der Waals surface area contributed by atoms with Crippen molar-refractivity contribution >= 4 is 44.8 Å². The van der Waals surface area contributed by atoms with Gasteiger partial charge < -0.3 is 10.1 Å². The number of nitrogens with one attached hydrogen (secondary N) is 1. The van der Waals surface area contributed by atoms with Crippen LogP contribution in [-0.2, 0) is 21.4 Å². The highest BCUT2D eigenvalue weighted by molar-refractivity contribution is 7.92. The van der Waals surface area contributed by atoms with Crippen molar-refractivity contribution in [2.24, 2.45) is 0 Å². The van der Waals surface area contributed by atoms with E-state index >= 15 is 0 Å². The minimum absolute atomic E-state index is 0.145. The summed E-state index contributed by atoms with van der Waals surface area (Å²) in [5.41, 5.74) is 0.916. The monoisotopic (exact) mass is 430 g/mol. The van der Waals surface area contributed by atoms with Gasteiger partial charge in [-0.25, -0.2) is 8.42 Å². The molecule has 1 amide bonds. The van der Waals surface area contributed by atoms with Crippen molar-refractivity contribution in [2.45, 2.75) is 19.5 Å². The van der Waals surface area contributed by atoms with E-state index in [4.69, 9.17) is 27.9 Å². The van der Waals surface area contributed by atoms with Crippen LogP contribution in [0.1, 0.15) is 12.5 Å². The molecule has 146 valence electrons. The summed E-state index contributed by atoms with van der Waals surface area (Å²) in [6, 6.07) is 10.6. The fraction of sp³-hybridized carbons (Fsp3) is 0.278. The van der Waals surface area contributed by atoms with Crippen LogP contribution in [0.3, 0.4) is 0 Å². The van der Waals surface area contributed by atoms with Crippen molar-refractivity contribution in [1.29, 1.82) is 0 Å². The Morgan fingerprint density at radius 2 is 1.89 bits per heavy atom. The summed E-state index contributed by atoms with van der Waals surface area (Å²) in [7, 11) is -2.26. The minimum atomic E-state index is -3.79. The quantitative estimate of drug-likeness (QED) is 0.729. The Morgan fingerprint density at radius 1 is 1.22 bits per heavy atom. The molecule has 0 spiro atoms. The van der Waals surface area contributed by atoms with Gasteiger partial charge >= 0.3 is 0 Å². The summed E-state index contributed by atoms with van der Waals surface area (Å²) < 4.78 is 30.9. The standard InChI is InChI=1S/C18H20Cl2N2O4S/c1-12(18(23)21-11-13-6-4-5-7-17(13)26-2)22(27(3,24)25)16-10-14(19)8-9-15(16)20/h4-10,12H,11H2,1-3H3,(H,21,23). The maximum absolute atomic E-state index is 12.6. The normalized spacial score (nSPS) is 12.3. The van der Waals surface area contributed by atoms with E-state index in [2.05, 4.69) is 5.32 Å². The number of nitrogens with zero attached hydrogens (tertiary/aromatic N) is 1. The highest BCUT2D eigenvalue weighted by Crippen LogP contribution is 2.32. The molecule has 0 fully saturated rings. The highest BCUT2D eigenvalue weighted by atomic mass is 35.5. The second-order valence-corrected chi connectivity index (χ2v) is 8.56. The van der Waals surface area contributed by atoms with E-state index in [0.717, 1.165) is 16.1 Å². The average molecular weight is 431 g/mol. The zero-order chi connectivity index (χ0) is 20.2. The van der Waals surface area contributed by atoms with Crippen LogP contribution in [-0.4, -0.2) is 33.7 Å². The zero-order valence-electron chi connectivity index (χ0n) is 15.1.